The molecule has 0 aromatic carbocycles. The summed E-state index contributed by atoms with van der Waals surface area (Å²) >= 11 is 1.63. The second kappa shape index (κ2) is 8.90. The number of amides is 4. The van der Waals surface area contributed by atoms with E-state index in [0.29, 0.717) is 50.7 Å². The van der Waals surface area contributed by atoms with Gasteiger partial charge < -0.3 is 10.2 Å². The number of hydrogen-bond acceptors (Lipinski definition) is 5. The van der Waals surface area contributed by atoms with E-state index in [0.717, 1.165) is 23.3 Å². The third kappa shape index (κ3) is 3.78. The van der Waals surface area contributed by atoms with Crippen molar-refractivity contribution in [1.29, 1.82) is 0 Å². The lowest BCUT2D eigenvalue weighted by atomic mass is 9.73. The smallest absolute Gasteiger partial charge is 0.325 e. The van der Waals surface area contributed by atoms with E-state index in [2.05, 4.69) is 22.5 Å². The first kappa shape index (κ1) is 22.5. The SMILES string of the molecule is O=C([C@H]1C[C@@H]2C=C[C@H]1C2)N1CCC([C@]2(c3cccnc3)NC(=O)N(CCc3cccs3)C2=O)CC1. The van der Waals surface area contributed by atoms with E-state index in [1.807, 2.05) is 34.5 Å². The number of likely N-dealkylation sites (tertiary alicyclic amines) is 1. The largest absolute Gasteiger partial charge is 0.342 e. The summed E-state index contributed by atoms with van der Waals surface area (Å²) < 4.78 is 0. The minimum atomic E-state index is -1.13. The van der Waals surface area contributed by atoms with Crippen molar-refractivity contribution in [3.05, 3.63) is 64.6 Å². The summed E-state index contributed by atoms with van der Waals surface area (Å²) in [5.74, 6) is 1.02. The van der Waals surface area contributed by atoms with Crippen LogP contribution in [0.5, 0.6) is 0 Å². The lowest BCUT2D eigenvalue weighted by Gasteiger charge is -2.41. The first-order valence-corrected chi connectivity index (χ1v) is 13.5. The molecular weight excluding hydrogens is 460 g/mol. The Balaban J connectivity index is 1.21. The van der Waals surface area contributed by atoms with Crippen molar-refractivity contribution in [2.24, 2.45) is 23.7 Å². The molecule has 4 heterocycles. The molecule has 2 aromatic heterocycles. The summed E-state index contributed by atoms with van der Waals surface area (Å²) in [6.45, 7) is 1.57. The molecule has 3 fully saturated rings. The molecule has 6 rings (SSSR count). The van der Waals surface area contributed by atoms with Crippen molar-refractivity contribution < 1.29 is 14.4 Å². The molecule has 8 heteroatoms. The first-order chi connectivity index (χ1) is 17.1. The lowest BCUT2D eigenvalue weighted by Crippen LogP contribution is -2.54. The van der Waals surface area contributed by atoms with Crippen LogP contribution in [0.2, 0.25) is 0 Å². The summed E-state index contributed by atoms with van der Waals surface area (Å²) in [6, 6.07) is 7.35. The molecule has 182 valence electrons. The second-order valence-electron chi connectivity index (χ2n) is 10.3. The first-order valence-electron chi connectivity index (χ1n) is 12.6. The molecule has 2 saturated heterocycles. The zero-order chi connectivity index (χ0) is 24.0. The zero-order valence-electron chi connectivity index (χ0n) is 19.6. The van der Waals surface area contributed by atoms with E-state index < -0.39 is 5.54 Å². The summed E-state index contributed by atoms with van der Waals surface area (Å²) in [5, 5.41) is 5.10. The van der Waals surface area contributed by atoms with Crippen LogP contribution in [0.3, 0.4) is 0 Å². The van der Waals surface area contributed by atoms with Crippen LogP contribution in [0.25, 0.3) is 0 Å². The number of allylic oxidation sites excluding steroid dienone is 2. The molecule has 0 spiro atoms. The fourth-order valence-electron chi connectivity index (χ4n) is 6.61. The Labute approximate surface area is 209 Å². The highest BCUT2D eigenvalue weighted by molar-refractivity contribution is 7.09. The topological polar surface area (TPSA) is 82.6 Å². The van der Waals surface area contributed by atoms with Gasteiger partial charge in [0.25, 0.3) is 5.91 Å². The van der Waals surface area contributed by atoms with Crippen LogP contribution in [0, 0.1) is 23.7 Å². The molecule has 7 nitrogen and oxygen atoms in total. The van der Waals surface area contributed by atoms with Crippen LogP contribution >= 0.6 is 11.3 Å². The minimum Gasteiger partial charge on any atom is -0.342 e. The predicted molar refractivity (Wildman–Crippen MR) is 132 cm³/mol. The maximum absolute atomic E-state index is 13.9. The number of urea groups is 1. The van der Waals surface area contributed by atoms with Gasteiger partial charge in [0.05, 0.1) is 0 Å². The average Bonchev–Trinajstić information content (AvgIpc) is 3.69. The number of hydrogen-bond donors (Lipinski definition) is 1. The quantitative estimate of drug-likeness (QED) is 0.496. The molecule has 2 aliphatic carbocycles. The Bertz CT molecular complexity index is 1140. The van der Waals surface area contributed by atoms with E-state index in [1.54, 1.807) is 23.7 Å². The van der Waals surface area contributed by atoms with Gasteiger partial charge in [0.2, 0.25) is 5.91 Å². The van der Waals surface area contributed by atoms with Gasteiger partial charge in [-0.3, -0.25) is 19.5 Å². The molecule has 0 radical (unpaired) electrons. The highest BCUT2D eigenvalue weighted by Gasteiger charge is 2.57. The van der Waals surface area contributed by atoms with Crippen molar-refractivity contribution in [1.82, 2.24) is 20.1 Å². The number of carbonyl (C=O) groups is 3. The summed E-state index contributed by atoms with van der Waals surface area (Å²) in [6.07, 6.45) is 11.9. The van der Waals surface area contributed by atoms with Crippen molar-refractivity contribution in [3.8, 4) is 0 Å². The van der Waals surface area contributed by atoms with Crippen LogP contribution < -0.4 is 5.32 Å². The Hall–Kier alpha value is -3.00. The normalized spacial score (nSPS) is 30.3. The van der Waals surface area contributed by atoms with Crippen LogP contribution in [0.4, 0.5) is 4.79 Å². The molecule has 2 aromatic rings. The average molecular weight is 491 g/mol. The van der Waals surface area contributed by atoms with Crippen LogP contribution in [-0.4, -0.2) is 52.3 Å². The fraction of sp³-hybridized carbons (Fsp3) is 0.481. The van der Waals surface area contributed by atoms with Gasteiger partial charge in [-0.15, -0.1) is 11.3 Å². The second-order valence-corrected chi connectivity index (χ2v) is 11.3. The molecule has 1 N–H and O–H groups in total. The molecule has 4 aliphatic rings. The Morgan fingerprint density at radius 2 is 2.00 bits per heavy atom. The number of thiophene rings is 1. The van der Waals surface area contributed by atoms with Crippen molar-refractivity contribution in [3.63, 3.8) is 0 Å². The van der Waals surface area contributed by atoms with Crippen LogP contribution in [0.15, 0.2) is 54.2 Å². The molecule has 2 bridgehead atoms. The fourth-order valence-corrected chi connectivity index (χ4v) is 7.31. The van der Waals surface area contributed by atoms with Gasteiger partial charge >= 0.3 is 6.03 Å². The third-order valence-corrected chi connectivity index (χ3v) is 9.36. The lowest BCUT2D eigenvalue weighted by molar-refractivity contribution is -0.139. The van der Waals surface area contributed by atoms with Gasteiger partial charge in [0, 0.05) is 48.4 Å². The minimum absolute atomic E-state index is 0.0983. The van der Waals surface area contributed by atoms with Crippen LogP contribution in [0.1, 0.15) is 36.1 Å². The van der Waals surface area contributed by atoms with E-state index >= 15 is 0 Å². The molecule has 4 atom stereocenters. The van der Waals surface area contributed by atoms with Crippen molar-refractivity contribution in [2.45, 2.75) is 37.6 Å². The third-order valence-electron chi connectivity index (χ3n) is 8.43. The monoisotopic (exact) mass is 490 g/mol. The van der Waals surface area contributed by atoms with Gasteiger partial charge in [-0.2, -0.15) is 0 Å². The number of pyridine rings is 1. The van der Waals surface area contributed by atoms with Crippen molar-refractivity contribution >= 4 is 29.2 Å². The predicted octanol–water partition coefficient (Wildman–Crippen LogP) is 3.58. The molecule has 0 unspecified atom stereocenters. The number of carbonyl (C=O) groups excluding carboxylic acids is 3. The standard InChI is InChI=1S/C27H30N4O3S/c32-24(23-16-18-5-6-19(23)15-18)30-11-7-20(8-12-30)27(21-3-1-10-28-17-21)25(33)31(26(34)29-27)13-9-22-4-2-14-35-22/h1-6,10,14,17-20,23H,7-9,11-13,15-16H2,(H,29,34)/t18-,19+,23+,27-/m1/s1. The van der Waals surface area contributed by atoms with Gasteiger partial charge in [0.15, 0.2) is 5.54 Å². The van der Waals surface area contributed by atoms with Gasteiger partial charge in [-0.25, -0.2) is 4.79 Å². The highest BCUT2D eigenvalue weighted by atomic mass is 32.1. The highest BCUT2D eigenvalue weighted by Crippen LogP contribution is 2.45. The molecular formula is C27H30N4O3S. The number of nitrogens with zero attached hydrogens (tertiary/aromatic N) is 3. The van der Waals surface area contributed by atoms with E-state index in [1.165, 1.54) is 4.90 Å². The summed E-state index contributed by atoms with van der Waals surface area (Å²) in [4.78, 5) is 49.1. The summed E-state index contributed by atoms with van der Waals surface area (Å²) in [5.41, 5.74) is -0.412. The number of aromatic nitrogens is 1. The Morgan fingerprint density at radius 1 is 1.14 bits per heavy atom. The zero-order valence-corrected chi connectivity index (χ0v) is 20.5. The van der Waals surface area contributed by atoms with Crippen molar-refractivity contribution in [2.75, 3.05) is 19.6 Å². The maximum Gasteiger partial charge on any atom is 0.325 e. The molecule has 4 amide bonds. The van der Waals surface area contributed by atoms with E-state index in [9.17, 15) is 14.4 Å². The number of piperidine rings is 1. The number of nitrogens with one attached hydrogen (secondary N) is 1. The Kier molecular flexibility index (Phi) is 5.71. The van der Waals surface area contributed by atoms with Gasteiger partial charge in [-0.05, 0) is 67.4 Å². The van der Waals surface area contributed by atoms with Crippen LogP contribution in [-0.2, 0) is 21.5 Å². The number of imide groups is 1. The molecule has 35 heavy (non-hydrogen) atoms. The number of fused-ring (bicyclic) bond motifs is 2. The van der Waals surface area contributed by atoms with E-state index in [-0.39, 0.29) is 29.7 Å². The number of rotatable bonds is 6. The Morgan fingerprint density at radius 3 is 2.66 bits per heavy atom. The van der Waals surface area contributed by atoms with E-state index in [4.69, 9.17) is 0 Å². The molecule has 1 saturated carbocycles. The van der Waals surface area contributed by atoms with Gasteiger partial charge in [0.1, 0.15) is 0 Å². The van der Waals surface area contributed by atoms with Gasteiger partial charge in [-0.1, -0.05) is 24.3 Å². The maximum atomic E-state index is 13.9. The molecule has 2 aliphatic heterocycles. The summed E-state index contributed by atoms with van der Waals surface area (Å²) in [7, 11) is 0.